The third kappa shape index (κ3) is 3.02. The molecule has 1 aromatic carbocycles. The molecule has 9 heteroatoms. The van der Waals surface area contributed by atoms with Crippen molar-refractivity contribution in [2.24, 2.45) is 0 Å². The van der Waals surface area contributed by atoms with Gasteiger partial charge in [0.15, 0.2) is 11.2 Å². The maximum atomic E-state index is 12.1. The summed E-state index contributed by atoms with van der Waals surface area (Å²) in [4.78, 5) is 32.7. The van der Waals surface area contributed by atoms with Crippen molar-refractivity contribution in [2.75, 3.05) is 7.11 Å². The van der Waals surface area contributed by atoms with E-state index in [0.29, 0.717) is 34.9 Å². The number of hydrogen-bond donors (Lipinski definition) is 1. The smallest absolute Gasteiger partial charge is 0.341 e. The number of methoxy groups -OCH3 is 1. The van der Waals surface area contributed by atoms with Crippen LogP contribution in [0, 0.1) is 0 Å². The van der Waals surface area contributed by atoms with Crippen molar-refractivity contribution in [1.29, 1.82) is 0 Å². The van der Waals surface area contributed by atoms with Crippen molar-refractivity contribution < 1.29 is 13.9 Å². The maximum absolute atomic E-state index is 12.1. The zero-order valence-corrected chi connectivity index (χ0v) is 15.8. The lowest BCUT2D eigenvalue weighted by molar-refractivity contribution is 0.0600. The van der Waals surface area contributed by atoms with Gasteiger partial charge in [0, 0.05) is 30.7 Å². The van der Waals surface area contributed by atoms with E-state index in [1.54, 1.807) is 29.2 Å². The zero-order chi connectivity index (χ0) is 20.7. The van der Waals surface area contributed by atoms with Crippen molar-refractivity contribution in [2.45, 2.75) is 6.54 Å². The highest BCUT2D eigenvalue weighted by Gasteiger charge is 2.21. The highest BCUT2D eigenvalue weighted by molar-refractivity contribution is 5.95. The normalized spacial score (nSPS) is 11.2. The fourth-order valence-corrected chi connectivity index (χ4v) is 3.30. The summed E-state index contributed by atoms with van der Waals surface area (Å²) in [6.45, 7) is 0.444. The number of aromatic nitrogens is 5. The number of rotatable bonds is 4. The molecule has 30 heavy (non-hydrogen) atoms. The van der Waals surface area contributed by atoms with Crippen molar-refractivity contribution in [3.63, 3.8) is 0 Å². The third-order valence-electron chi connectivity index (χ3n) is 4.75. The molecule has 0 saturated carbocycles. The first-order chi connectivity index (χ1) is 14.6. The van der Waals surface area contributed by atoms with Gasteiger partial charge in [0.2, 0.25) is 5.89 Å². The van der Waals surface area contributed by atoms with Gasteiger partial charge in [-0.2, -0.15) is 10.1 Å². The van der Waals surface area contributed by atoms with E-state index in [4.69, 9.17) is 9.15 Å². The zero-order valence-electron chi connectivity index (χ0n) is 15.8. The Bertz CT molecular complexity index is 1360. The molecule has 0 amide bonds. The molecule has 0 radical (unpaired) electrons. The molecule has 1 N–H and O–H groups in total. The average molecular weight is 401 g/mol. The lowest BCUT2D eigenvalue weighted by Crippen LogP contribution is -2.12. The number of benzene rings is 1. The van der Waals surface area contributed by atoms with Crippen LogP contribution in [0.25, 0.3) is 33.9 Å². The van der Waals surface area contributed by atoms with Gasteiger partial charge in [0.25, 0.3) is 5.56 Å². The number of pyridine rings is 2. The first-order valence-corrected chi connectivity index (χ1v) is 9.10. The number of fused-ring (bicyclic) bond motifs is 2. The molecule has 0 unspecified atom stereocenters. The van der Waals surface area contributed by atoms with Crippen LogP contribution in [0.2, 0.25) is 0 Å². The van der Waals surface area contributed by atoms with Crippen LogP contribution < -0.4 is 5.56 Å². The molecule has 0 fully saturated rings. The molecule has 2 aliphatic rings. The second-order valence-corrected chi connectivity index (χ2v) is 6.69. The molecule has 2 aromatic heterocycles. The number of nitrogens with zero attached hydrogens (tertiary/aromatic N) is 4. The minimum absolute atomic E-state index is 0.226. The molecule has 0 saturated heterocycles. The molecular weight excluding hydrogens is 386 g/mol. The standard InChI is InChI=1S/C21H15N5O4/c1-29-21(28)15-11-26(10-14-17(15)24-25-19(14)27)9-12-4-6-13(7-5-12)20-23-18-16(30-20)3-2-8-22-18/h2-8,10-11H,9H2,1H3,(H,25,27). The van der Waals surface area contributed by atoms with E-state index in [1.807, 2.05) is 30.3 Å². The van der Waals surface area contributed by atoms with E-state index in [-0.39, 0.29) is 11.1 Å². The third-order valence-corrected chi connectivity index (χ3v) is 4.75. The Hall–Kier alpha value is -4.27. The van der Waals surface area contributed by atoms with Crippen LogP contribution in [-0.4, -0.2) is 37.8 Å². The molecule has 2 aliphatic heterocycles. The topological polar surface area (TPSA) is 116 Å². The van der Waals surface area contributed by atoms with E-state index in [0.717, 1.165) is 11.1 Å². The summed E-state index contributed by atoms with van der Waals surface area (Å²) >= 11 is 0. The second-order valence-electron chi connectivity index (χ2n) is 6.69. The Morgan fingerprint density at radius 1 is 1.20 bits per heavy atom. The lowest BCUT2D eigenvalue weighted by atomic mass is 10.1. The molecule has 0 bridgehead atoms. The summed E-state index contributed by atoms with van der Waals surface area (Å²) in [5.41, 5.74) is 3.46. The molecular formula is C21H15N5O4. The number of oxazole rings is 1. The van der Waals surface area contributed by atoms with E-state index < -0.39 is 5.97 Å². The first kappa shape index (κ1) is 17.8. The molecule has 148 valence electrons. The van der Waals surface area contributed by atoms with Gasteiger partial charge in [0.1, 0.15) is 11.3 Å². The predicted octanol–water partition coefficient (Wildman–Crippen LogP) is 2.71. The van der Waals surface area contributed by atoms with Crippen LogP contribution in [0.15, 0.2) is 64.2 Å². The summed E-state index contributed by atoms with van der Waals surface area (Å²) in [6.07, 6.45) is 4.95. The van der Waals surface area contributed by atoms with Gasteiger partial charge in [0.05, 0.1) is 12.7 Å². The van der Waals surface area contributed by atoms with Gasteiger partial charge in [-0.15, -0.1) is 0 Å². The SMILES string of the molecule is COC(=O)c1cn(Cc2ccc(-c3nc4ncccc4o3)cc2)cc2c(=O)[nH]nc1-2. The molecule has 4 heterocycles. The number of aromatic amines is 1. The Balaban J connectivity index is 1.46. The number of carbonyl (C=O) groups is 1. The fraction of sp³-hybridized carbons (Fsp3) is 0.0952. The van der Waals surface area contributed by atoms with Crippen LogP contribution >= 0.6 is 0 Å². The van der Waals surface area contributed by atoms with E-state index >= 15 is 0 Å². The fourth-order valence-electron chi connectivity index (χ4n) is 3.30. The molecule has 3 aromatic rings. The van der Waals surface area contributed by atoms with Crippen LogP contribution in [-0.2, 0) is 11.3 Å². The Kier molecular flexibility index (Phi) is 4.13. The van der Waals surface area contributed by atoms with Crippen LogP contribution in [0.5, 0.6) is 0 Å². The lowest BCUT2D eigenvalue weighted by Gasteiger charge is -2.12. The van der Waals surface area contributed by atoms with Crippen molar-refractivity contribution >= 4 is 17.2 Å². The highest BCUT2D eigenvalue weighted by atomic mass is 16.5. The summed E-state index contributed by atoms with van der Waals surface area (Å²) in [6, 6.07) is 11.3. The second kappa shape index (κ2) is 6.96. The summed E-state index contributed by atoms with van der Waals surface area (Å²) in [7, 11) is 1.29. The number of esters is 1. The van der Waals surface area contributed by atoms with Gasteiger partial charge in [-0.1, -0.05) is 12.1 Å². The molecule has 5 rings (SSSR count). The number of ether oxygens (including phenoxy) is 1. The molecule has 0 atom stereocenters. The maximum Gasteiger partial charge on any atom is 0.341 e. The molecule has 0 spiro atoms. The van der Waals surface area contributed by atoms with Crippen molar-refractivity contribution in [3.8, 4) is 22.7 Å². The number of carbonyl (C=O) groups excluding carboxylic acids is 1. The predicted molar refractivity (Wildman–Crippen MR) is 107 cm³/mol. The highest BCUT2D eigenvalue weighted by Crippen LogP contribution is 2.24. The summed E-state index contributed by atoms with van der Waals surface area (Å²) in [5, 5.41) is 6.30. The van der Waals surface area contributed by atoms with Gasteiger partial charge in [-0.3, -0.25) is 4.79 Å². The Morgan fingerprint density at radius 3 is 2.80 bits per heavy atom. The van der Waals surface area contributed by atoms with Crippen LogP contribution in [0.4, 0.5) is 0 Å². The van der Waals surface area contributed by atoms with E-state index in [1.165, 1.54) is 7.11 Å². The summed E-state index contributed by atoms with van der Waals surface area (Å²) in [5.74, 6) is -0.0625. The number of nitrogens with one attached hydrogen (secondary N) is 1. The first-order valence-electron chi connectivity index (χ1n) is 9.10. The van der Waals surface area contributed by atoms with Crippen LogP contribution in [0.1, 0.15) is 15.9 Å². The molecule has 0 aliphatic carbocycles. The Labute approximate surface area is 169 Å². The minimum atomic E-state index is -0.555. The van der Waals surface area contributed by atoms with E-state index in [2.05, 4.69) is 20.2 Å². The van der Waals surface area contributed by atoms with Gasteiger partial charge < -0.3 is 13.7 Å². The molecule has 9 nitrogen and oxygen atoms in total. The largest absolute Gasteiger partial charge is 0.465 e. The van der Waals surface area contributed by atoms with Crippen molar-refractivity contribution in [1.82, 2.24) is 24.7 Å². The number of H-pyrrole nitrogens is 1. The Morgan fingerprint density at radius 2 is 2.03 bits per heavy atom. The average Bonchev–Trinajstić information content (AvgIpc) is 3.37. The van der Waals surface area contributed by atoms with E-state index in [9.17, 15) is 9.59 Å². The summed E-state index contributed by atoms with van der Waals surface area (Å²) < 4.78 is 12.3. The van der Waals surface area contributed by atoms with Gasteiger partial charge in [-0.25, -0.2) is 14.9 Å². The quantitative estimate of drug-likeness (QED) is 0.460. The monoisotopic (exact) mass is 401 g/mol. The van der Waals surface area contributed by atoms with Gasteiger partial charge >= 0.3 is 5.97 Å². The minimum Gasteiger partial charge on any atom is -0.465 e. The number of hydrogen-bond acceptors (Lipinski definition) is 7. The van der Waals surface area contributed by atoms with Gasteiger partial charge in [-0.05, 0) is 29.8 Å². The van der Waals surface area contributed by atoms with Crippen LogP contribution in [0.3, 0.4) is 0 Å². The van der Waals surface area contributed by atoms with Crippen molar-refractivity contribution in [3.05, 3.63) is 76.5 Å².